The van der Waals surface area contributed by atoms with E-state index < -0.39 is 10.0 Å². The number of benzene rings is 1. The first-order valence-corrected chi connectivity index (χ1v) is 6.85. The minimum Gasteiger partial charge on any atom is -0.215 e. The van der Waals surface area contributed by atoms with Gasteiger partial charge in [-0.05, 0) is 24.1 Å². The molecule has 1 rings (SSSR count). The normalized spacial score (nSPS) is 11.6. The SMILES string of the molecule is CS(=O)(=O)NCCc1cccc(Br)c1. The highest BCUT2D eigenvalue weighted by Crippen LogP contribution is 2.11. The molecule has 0 aromatic heterocycles. The van der Waals surface area contributed by atoms with Crippen molar-refractivity contribution in [3.8, 4) is 0 Å². The number of nitrogens with one attached hydrogen (secondary N) is 1. The third-order valence-electron chi connectivity index (χ3n) is 1.67. The number of hydrogen-bond acceptors (Lipinski definition) is 2. The van der Waals surface area contributed by atoms with Crippen molar-refractivity contribution in [3.63, 3.8) is 0 Å². The van der Waals surface area contributed by atoms with Gasteiger partial charge in [-0.25, -0.2) is 13.1 Å². The molecule has 1 N–H and O–H groups in total. The Morgan fingerprint density at radius 2 is 2.14 bits per heavy atom. The van der Waals surface area contributed by atoms with Crippen LogP contribution in [0.4, 0.5) is 0 Å². The van der Waals surface area contributed by atoms with Crippen LogP contribution in [0.5, 0.6) is 0 Å². The summed E-state index contributed by atoms with van der Waals surface area (Å²) in [5.41, 5.74) is 1.11. The second-order valence-electron chi connectivity index (χ2n) is 3.05. The van der Waals surface area contributed by atoms with Crippen molar-refractivity contribution in [2.24, 2.45) is 0 Å². The maximum atomic E-state index is 10.8. The molecular formula is C9H12BrNO2S. The molecular weight excluding hydrogens is 266 g/mol. The van der Waals surface area contributed by atoms with E-state index in [0.29, 0.717) is 13.0 Å². The van der Waals surface area contributed by atoms with E-state index in [2.05, 4.69) is 20.7 Å². The van der Waals surface area contributed by atoms with E-state index in [0.717, 1.165) is 16.3 Å². The first-order valence-electron chi connectivity index (χ1n) is 4.16. The van der Waals surface area contributed by atoms with Gasteiger partial charge in [0.25, 0.3) is 0 Å². The lowest BCUT2D eigenvalue weighted by atomic mass is 10.2. The van der Waals surface area contributed by atoms with Gasteiger partial charge in [-0.15, -0.1) is 0 Å². The Bertz CT molecular complexity index is 403. The molecule has 3 nitrogen and oxygen atoms in total. The largest absolute Gasteiger partial charge is 0.215 e. The van der Waals surface area contributed by atoms with Crippen molar-refractivity contribution in [2.75, 3.05) is 12.8 Å². The third-order valence-corrected chi connectivity index (χ3v) is 2.89. The summed E-state index contributed by atoms with van der Waals surface area (Å²) in [5, 5.41) is 0. The molecule has 5 heteroatoms. The molecule has 0 spiro atoms. The highest BCUT2D eigenvalue weighted by atomic mass is 79.9. The Hall–Kier alpha value is -0.390. The third kappa shape index (κ3) is 4.74. The van der Waals surface area contributed by atoms with Gasteiger partial charge in [0.05, 0.1) is 6.26 Å². The van der Waals surface area contributed by atoms with E-state index in [1.54, 1.807) is 0 Å². The number of sulfonamides is 1. The van der Waals surface area contributed by atoms with E-state index in [1.165, 1.54) is 0 Å². The van der Waals surface area contributed by atoms with Crippen LogP contribution in [0.15, 0.2) is 28.7 Å². The Balaban J connectivity index is 2.47. The number of hydrogen-bond donors (Lipinski definition) is 1. The van der Waals surface area contributed by atoms with Crippen molar-refractivity contribution in [2.45, 2.75) is 6.42 Å². The molecule has 0 fully saturated rings. The van der Waals surface area contributed by atoms with Gasteiger partial charge < -0.3 is 0 Å². The summed E-state index contributed by atoms with van der Waals surface area (Å²) in [4.78, 5) is 0. The summed E-state index contributed by atoms with van der Waals surface area (Å²) < 4.78 is 25.0. The molecule has 78 valence electrons. The van der Waals surface area contributed by atoms with Gasteiger partial charge in [-0.2, -0.15) is 0 Å². The quantitative estimate of drug-likeness (QED) is 0.908. The summed E-state index contributed by atoms with van der Waals surface area (Å²) in [6.45, 7) is 0.440. The smallest absolute Gasteiger partial charge is 0.208 e. The molecule has 1 aromatic rings. The van der Waals surface area contributed by atoms with Gasteiger partial charge >= 0.3 is 0 Å². The molecule has 0 saturated carbocycles. The van der Waals surface area contributed by atoms with E-state index in [-0.39, 0.29) is 0 Å². The highest BCUT2D eigenvalue weighted by molar-refractivity contribution is 9.10. The molecule has 0 bridgehead atoms. The Kier molecular flexibility index (Phi) is 4.10. The molecule has 0 heterocycles. The average Bonchev–Trinajstić information content (AvgIpc) is 2.01. The minimum absolute atomic E-state index is 0.440. The zero-order chi connectivity index (χ0) is 10.6. The van der Waals surface area contributed by atoms with Crippen LogP contribution in [0.1, 0.15) is 5.56 Å². The maximum Gasteiger partial charge on any atom is 0.208 e. The molecule has 0 aliphatic rings. The van der Waals surface area contributed by atoms with E-state index >= 15 is 0 Å². The van der Waals surface area contributed by atoms with Crippen LogP contribution >= 0.6 is 15.9 Å². The van der Waals surface area contributed by atoms with E-state index in [9.17, 15) is 8.42 Å². The molecule has 0 radical (unpaired) electrons. The van der Waals surface area contributed by atoms with Crippen molar-refractivity contribution < 1.29 is 8.42 Å². The van der Waals surface area contributed by atoms with Crippen LogP contribution < -0.4 is 4.72 Å². The van der Waals surface area contributed by atoms with E-state index in [1.807, 2.05) is 24.3 Å². The van der Waals surface area contributed by atoms with Crippen molar-refractivity contribution in [1.82, 2.24) is 4.72 Å². The van der Waals surface area contributed by atoms with Crippen LogP contribution in [0.2, 0.25) is 0 Å². The molecule has 0 aliphatic carbocycles. The lowest BCUT2D eigenvalue weighted by Crippen LogP contribution is -2.24. The Labute approximate surface area is 92.7 Å². The minimum atomic E-state index is -3.07. The Morgan fingerprint density at radius 1 is 1.43 bits per heavy atom. The fraction of sp³-hybridized carbons (Fsp3) is 0.333. The van der Waals surface area contributed by atoms with Crippen molar-refractivity contribution in [1.29, 1.82) is 0 Å². The van der Waals surface area contributed by atoms with Gasteiger partial charge in [0.1, 0.15) is 0 Å². The average molecular weight is 278 g/mol. The highest BCUT2D eigenvalue weighted by Gasteiger charge is 1.99. The number of halogens is 1. The summed E-state index contributed by atoms with van der Waals surface area (Å²) in [6, 6.07) is 7.81. The van der Waals surface area contributed by atoms with Crippen molar-refractivity contribution >= 4 is 26.0 Å². The lowest BCUT2D eigenvalue weighted by molar-refractivity contribution is 0.588. The molecule has 0 saturated heterocycles. The van der Waals surface area contributed by atoms with Crippen LogP contribution in [-0.2, 0) is 16.4 Å². The molecule has 0 aliphatic heterocycles. The second kappa shape index (κ2) is 4.91. The fourth-order valence-electron chi connectivity index (χ4n) is 1.07. The van der Waals surface area contributed by atoms with Crippen LogP contribution in [-0.4, -0.2) is 21.2 Å². The van der Waals surface area contributed by atoms with Gasteiger partial charge in [-0.1, -0.05) is 28.1 Å². The zero-order valence-electron chi connectivity index (χ0n) is 7.83. The van der Waals surface area contributed by atoms with Gasteiger partial charge in [0, 0.05) is 11.0 Å². The summed E-state index contributed by atoms with van der Waals surface area (Å²) >= 11 is 3.35. The standard InChI is InChI=1S/C9H12BrNO2S/c1-14(12,13)11-6-5-8-3-2-4-9(10)7-8/h2-4,7,11H,5-6H2,1H3. The monoisotopic (exact) mass is 277 g/mol. The predicted molar refractivity (Wildman–Crippen MR) is 60.7 cm³/mol. The molecule has 0 unspecified atom stereocenters. The molecule has 0 amide bonds. The van der Waals surface area contributed by atoms with Crippen molar-refractivity contribution in [3.05, 3.63) is 34.3 Å². The second-order valence-corrected chi connectivity index (χ2v) is 5.80. The lowest BCUT2D eigenvalue weighted by Gasteiger charge is -2.02. The fourth-order valence-corrected chi connectivity index (χ4v) is 1.99. The first-order chi connectivity index (χ1) is 6.47. The topological polar surface area (TPSA) is 46.2 Å². The number of rotatable bonds is 4. The van der Waals surface area contributed by atoms with Crippen LogP contribution in [0.25, 0.3) is 0 Å². The van der Waals surface area contributed by atoms with Gasteiger partial charge in [0.2, 0.25) is 10.0 Å². The summed E-state index contributed by atoms with van der Waals surface area (Å²) in [6.07, 6.45) is 1.86. The van der Waals surface area contributed by atoms with Crippen LogP contribution in [0, 0.1) is 0 Å². The summed E-state index contributed by atoms with van der Waals surface area (Å²) in [7, 11) is -3.07. The summed E-state index contributed by atoms with van der Waals surface area (Å²) in [5.74, 6) is 0. The van der Waals surface area contributed by atoms with Gasteiger partial charge in [-0.3, -0.25) is 0 Å². The molecule has 1 aromatic carbocycles. The zero-order valence-corrected chi connectivity index (χ0v) is 10.2. The Morgan fingerprint density at radius 3 is 2.71 bits per heavy atom. The predicted octanol–water partition coefficient (Wildman–Crippen LogP) is 1.54. The maximum absolute atomic E-state index is 10.8. The van der Waals surface area contributed by atoms with Gasteiger partial charge in [0.15, 0.2) is 0 Å². The first kappa shape index (κ1) is 11.7. The van der Waals surface area contributed by atoms with Crippen LogP contribution in [0.3, 0.4) is 0 Å². The molecule has 0 atom stereocenters. The molecule has 14 heavy (non-hydrogen) atoms. The van der Waals surface area contributed by atoms with E-state index in [4.69, 9.17) is 0 Å².